The predicted molar refractivity (Wildman–Crippen MR) is 107 cm³/mol. The summed E-state index contributed by atoms with van der Waals surface area (Å²) in [6, 6.07) is 7.82. The van der Waals surface area contributed by atoms with Crippen molar-refractivity contribution >= 4 is 11.6 Å². The third-order valence-electron chi connectivity index (χ3n) is 5.17. The number of amides is 1. The number of benzene rings is 1. The van der Waals surface area contributed by atoms with Crippen LogP contribution in [0.2, 0.25) is 0 Å². The highest BCUT2D eigenvalue weighted by molar-refractivity contribution is 5.93. The number of nitrogens with zero attached hydrogens (tertiary/aromatic N) is 4. The quantitative estimate of drug-likeness (QED) is 0.659. The van der Waals surface area contributed by atoms with Gasteiger partial charge in [0, 0.05) is 37.6 Å². The summed E-state index contributed by atoms with van der Waals surface area (Å²) in [5.41, 5.74) is 1.97. The summed E-state index contributed by atoms with van der Waals surface area (Å²) < 4.78 is 8.42. The Kier molecular flexibility index (Phi) is 4.66. The number of fused-ring (bicyclic) bond motifs is 1. The summed E-state index contributed by atoms with van der Waals surface area (Å²) in [5.74, 6) is 0.655. The molecular formula is C21H24N4O3. The molecule has 7 heteroatoms. The molecule has 28 heavy (non-hydrogen) atoms. The summed E-state index contributed by atoms with van der Waals surface area (Å²) in [6.45, 7) is 2.77. The van der Waals surface area contributed by atoms with Crippen LogP contribution in [-0.4, -0.2) is 44.5 Å². The van der Waals surface area contributed by atoms with Gasteiger partial charge in [-0.25, -0.2) is 4.98 Å². The molecule has 0 bridgehead atoms. The molecule has 1 aromatic carbocycles. The van der Waals surface area contributed by atoms with Crippen LogP contribution in [0.1, 0.15) is 36.7 Å². The molecule has 3 aromatic rings. The Labute approximate surface area is 163 Å². The standard InChI is InChI=1S/C21H24N4O3/c1-4-11-25(15-7-8-15)20(26)17-12-24-13-18(23(2)21(27)19(24)22-17)14-5-9-16(28-3)10-6-14/h5-6,9-10,12-13,15H,4,7-8,11H2,1-3H3. The normalized spacial score (nSPS) is 13.7. The number of ether oxygens (including phenoxy) is 1. The average Bonchev–Trinajstić information content (AvgIpc) is 3.46. The molecular weight excluding hydrogens is 356 g/mol. The van der Waals surface area contributed by atoms with Crippen molar-refractivity contribution in [1.82, 2.24) is 18.9 Å². The Morgan fingerprint density at radius 3 is 2.57 bits per heavy atom. The van der Waals surface area contributed by atoms with E-state index in [1.165, 1.54) is 0 Å². The molecule has 0 atom stereocenters. The van der Waals surface area contributed by atoms with Crippen LogP contribution in [0, 0.1) is 0 Å². The van der Waals surface area contributed by atoms with Gasteiger partial charge in [0.2, 0.25) is 5.65 Å². The van der Waals surface area contributed by atoms with Crippen molar-refractivity contribution in [1.29, 1.82) is 0 Å². The van der Waals surface area contributed by atoms with E-state index in [0.29, 0.717) is 18.3 Å². The first kappa shape index (κ1) is 18.3. The Bertz CT molecular complexity index is 1080. The Morgan fingerprint density at radius 1 is 1.25 bits per heavy atom. The summed E-state index contributed by atoms with van der Waals surface area (Å²) in [4.78, 5) is 32.0. The summed E-state index contributed by atoms with van der Waals surface area (Å²) in [5, 5.41) is 0. The van der Waals surface area contributed by atoms with Gasteiger partial charge in [0.25, 0.3) is 11.5 Å². The van der Waals surface area contributed by atoms with Gasteiger partial charge in [-0.05, 0) is 43.5 Å². The van der Waals surface area contributed by atoms with Crippen LogP contribution in [0.15, 0.2) is 41.5 Å². The molecule has 0 unspecified atom stereocenters. The van der Waals surface area contributed by atoms with E-state index in [9.17, 15) is 9.59 Å². The number of hydrogen-bond acceptors (Lipinski definition) is 4. The zero-order chi connectivity index (χ0) is 19.8. The Balaban J connectivity index is 1.76. The van der Waals surface area contributed by atoms with Gasteiger partial charge >= 0.3 is 0 Å². The highest BCUT2D eigenvalue weighted by Gasteiger charge is 2.33. The molecule has 2 heterocycles. The first-order valence-electron chi connectivity index (χ1n) is 9.57. The van der Waals surface area contributed by atoms with E-state index >= 15 is 0 Å². The number of rotatable bonds is 6. The van der Waals surface area contributed by atoms with E-state index in [1.807, 2.05) is 35.4 Å². The van der Waals surface area contributed by atoms with Crippen molar-refractivity contribution in [2.75, 3.05) is 13.7 Å². The maximum absolute atomic E-state index is 12.9. The molecule has 1 aliphatic carbocycles. The van der Waals surface area contributed by atoms with Gasteiger partial charge in [-0.15, -0.1) is 0 Å². The van der Waals surface area contributed by atoms with Crippen LogP contribution in [0.25, 0.3) is 16.9 Å². The van der Waals surface area contributed by atoms with Gasteiger partial charge in [-0.2, -0.15) is 0 Å². The van der Waals surface area contributed by atoms with Crippen molar-refractivity contribution in [3.63, 3.8) is 0 Å². The van der Waals surface area contributed by atoms with Crippen LogP contribution in [0.3, 0.4) is 0 Å². The molecule has 0 spiro atoms. The lowest BCUT2D eigenvalue weighted by atomic mass is 10.1. The number of aromatic nitrogens is 3. The highest BCUT2D eigenvalue weighted by atomic mass is 16.5. The summed E-state index contributed by atoms with van der Waals surface area (Å²) in [6.07, 6.45) is 6.49. The number of imidazole rings is 1. The van der Waals surface area contributed by atoms with Crippen LogP contribution in [0.5, 0.6) is 5.75 Å². The van der Waals surface area contributed by atoms with E-state index in [4.69, 9.17) is 4.74 Å². The van der Waals surface area contributed by atoms with E-state index in [1.54, 1.807) is 29.3 Å². The lowest BCUT2D eigenvalue weighted by molar-refractivity contribution is 0.0738. The minimum absolute atomic E-state index is 0.0962. The smallest absolute Gasteiger partial charge is 0.294 e. The van der Waals surface area contributed by atoms with E-state index in [2.05, 4.69) is 11.9 Å². The lowest BCUT2D eigenvalue weighted by Crippen LogP contribution is -2.34. The number of carbonyl (C=O) groups is 1. The van der Waals surface area contributed by atoms with Crippen LogP contribution >= 0.6 is 0 Å². The number of methoxy groups -OCH3 is 1. The Hall–Kier alpha value is -3.09. The maximum Gasteiger partial charge on any atom is 0.294 e. The molecule has 0 radical (unpaired) electrons. The SMILES string of the molecule is CCCN(C(=O)c1cn2cc(-c3ccc(OC)cc3)n(C)c(=O)c2n1)C1CC1. The molecule has 4 rings (SSSR count). The van der Waals surface area contributed by atoms with Gasteiger partial charge in [-0.3, -0.25) is 14.0 Å². The largest absolute Gasteiger partial charge is 0.497 e. The summed E-state index contributed by atoms with van der Waals surface area (Å²) in [7, 11) is 3.33. The Morgan fingerprint density at radius 2 is 1.96 bits per heavy atom. The molecule has 1 saturated carbocycles. The second kappa shape index (κ2) is 7.14. The molecule has 0 aliphatic heterocycles. The fraction of sp³-hybridized carbons (Fsp3) is 0.381. The lowest BCUT2D eigenvalue weighted by Gasteiger charge is -2.20. The monoisotopic (exact) mass is 380 g/mol. The highest BCUT2D eigenvalue weighted by Crippen LogP contribution is 2.28. The number of carbonyl (C=O) groups excluding carboxylic acids is 1. The molecule has 146 valence electrons. The molecule has 1 amide bonds. The molecule has 0 N–H and O–H groups in total. The fourth-order valence-electron chi connectivity index (χ4n) is 3.49. The molecule has 1 fully saturated rings. The van der Waals surface area contributed by atoms with Gasteiger partial charge in [0.15, 0.2) is 0 Å². The van der Waals surface area contributed by atoms with Crippen molar-refractivity contribution in [3.05, 3.63) is 52.7 Å². The van der Waals surface area contributed by atoms with E-state index in [-0.39, 0.29) is 17.1 Å². The first-order chi connectivity index (χ1) is 13.5. The third kappa shape index (κ3) is 3.17. The zero-order valence-electron chi connectivity index (χ0n) is 16.4. The van der Waals surface area contributed by atoms with Crippen LogP contribution < -0.4 is 10.3 Å². The second-order valence-corrected chi connectivity index (χ2v) is 7.19. The van der Waals surface area contributed by atoms with Gasteiger partial charge in [-0.1, -0.05) is 6.92 Å². The fourth-order valence-corrected chi connectivity index (χ4v) is 3.49. The number of hydrogen-bond donors (Lipinski definition) is 0. The van der Waals surface area contributed by atoms with Crippen LogP contribution in [-0.2, 0) is 7.05 Å². The molecule has 0 saturated heterocycles. The van der Waals surface area contributed by atoms with Crippen LogP contribution in [0.4, 0.5) is 0 Å². The van der Waals surface area contributed by atoms with Crippen molar-refractivity contribution in [2.24, 2.45) is 7.05 Å². The first-order valence-corrected chi connectivity index (χ1v) is 9.57. The van der Waals surface area contributed by atoms with E-state index in [0.717, 1.165) is 36.3 Å². The molecule has 7 nitrogen and oxygen atoms in total. The maximum atomic E-state index is 12.9. The van der Waals surface area contributed by atoms with Crippen molar-refractivity contribution < 1.29 is 9.53 Å². The summed E-state index contributed by atoms with van der Waals surface area (Å²) >= 11 is 0. The predicted octanol–water partition coefficient (Wildman–Crippen LogP) is 2.72. The molecule has 1 aliphatic rings. The average molecular weight is 380 g/mol. The topological polar surface area (TPSA) is 68.8 Å². The second-order valence-electron chi connectivity index (χ2n) is 7.19. The minimum Gasteiger partial charge on any atom is -0.497 e. The van der Waals surface area contributed by atoms with Crippen molar-refractivity contribution in [3.8, 4) is 17.0 Å². The van der Waals surface area contributed by atoms with E-state index < -0.39 is 0 Å². The van der Waals surface area contributed by atoms with Gasteiger partial charge in [0.1, 0.15) is 11.4 Å². The van der Waals surface area contributed by atoms with Crippen molar-refractivity contribution in [2.45, 2.75) is 32.2 Å². The van der Waals surface area contributed by atoms with Gasteiger partial charge < -0.3 is 14.2 Å². The molecule has 2 aromatic heterocycles. The minimum atomic E-state index is -0.235. The zero-order valence-corrected chi connectivity index (χ0v) is 16.4. The third-order valence-corrected chi connectivity index (χ3v) is 5.17. The van der Waals surface area contributed by atoms with Gasteiger partial charge in [0.05, 0.1) is 12.8 Å².